The average molecular weight is 303 g/mol. The topological polar surface area (TPSA) is 47.6 Å². The predicted octanol–water partition coefficient (Wildman–Crippen LogP) is 3.33. The second kappa shape index (κ2) is 6.93. The predicted molar refractivity (Wildman–Crippen MR) is 83.0 cm³/mol. The molecule has 0 aliphatic heterocycles. The third kappa shape index (κ3) is 3.75. The summed E-state index contributed by atoms with van der Waals surface area (Å²) in [6.07, 6.45) is 0.128. The lowest BCUT2D eigenvalue weighted by Gasteiger charge is -2.11. The van der Waals surface area contributed by atoms with E-state index in [1.807, 2.05) is 0 Å². The van der Waals surface area contributed by atoms with E-state index in [9.17, 15) is 9.18 Å². The van der Waals surface area contributed by atoms with Gasteiger partial charge in [-0.05, 0) is 30.7 Å². The molecular weight excluding hydrogens is 285 g/mol. The summed E-state index contributed by atoms with van der Waals surface area (Å²) >= 11 is 0. The molecule has 0 radical (unpaired) electrons. The molecule has 2 rings (SSSR count). The van der Waals surface area contributed by atoms with E-state index in [0.29, 0.717) is 22.7 Å². The molecule has 1 N–H and O–H groups in total. The molecule has 4 nitrogen and oxygen atoms in total. The molecule has 5 heteroatoms. The first-order valence-electron chi connectivity index (χ1n) is 6.80. The smallest absolute Gasteiger partial charge is 0.228 e. The molecule has 0 saturated heterocycles. The molecule has 22 heavy (non-hydrogen) atoms. The number of methoxy groups -OCH3 is 2. The number of carbonyl (C=O) groups is 1. The first-order chi connectivity index (χ1) is 10.5. The van der Waals surface area contributed by atoms with E-state index in [2.05, 4.69) is 5.32 Å². The second-order valence-corrected chi connectivity index (χ2v) is 4.87. The van der Waals surface area contributed by atoms with Crippen molar-refractivity contribution in [3.8, 4) is 11.5 Å². The quantitative estimate of drug-likeness (QED) is 0.921. The number of amides is 1. The van der Waals surface area contributed by atoms with Crippen molar-refractivity contribution in [3.05, 3.63) is 53.3 Å². The van der Waals surface area contributed by atoms with Gasteiger partial charge in [0.2, 0.25) is 5.91 Å². The van der Waals surface area contributed by atoms with Crippen molar-refractivity contribution < 1.29 is 18.7 Å². The molecule has 0 aromatic heterocycles. The SMILES string of the molecule is COc1ccc(CC(=O)Nc2ccc(C)c(F)c2)c(OC)c1. The minimum atomic E-state index is -0.347. The van der Waals surface area contributed by atoms with Crippen molar-refractivity contribution in [1.29, 1.82) is 0 Å². The monoisotopic (exact) mass is 303 g/mol. The fraction of sp³-hybridized carbons (Fsp3) is 0.235. The lowest BCUT2D eigenvalue weighted by atomic mass is 10.1. The number of rotatable bonds is 5. The van der Waals surface area contributed by atoms with Crippen molar-refractivity contribution in [2.75, 3.05) is 19.5 Å². The second-order valence-electron chi connectivity index (χ2n) is 4.87. The zero-order valence-electron chi connectivity index (χ0n) is 12.8. The highest BCUT2D eigenvalue weighted by molar-refractivity contribution is 5.92. The molecule has 116 valence electrons. The standard InChI is InChI=1S/C17H18FNO3/c1-11-4-6-13(9-15(11)18)19-17(20)8-12-5-7-14(21-2)10-16(12)22-3/h4-7,9-10H,8H2,1-3H3,(H,19,20). The van der Waals surface area contributed by atoms with Gasteiger partial charge < -0.3 is 14.8 Å². The number of halogens is 1. The first kappa shape index (κ1) is 15.8. The Balaban J connectivity index is 2.10. The van der Waals surface area contributed by atoms with Gasteiger partial charge in [-0.25, -0.2) is 4.39 Å². The Morgan fingerprint density at radius 3 is 2.55 bits per heavy atom. The molecule has 0 heterocycles. The van der Waals surface area contributed by atoms with Gasteiger partial charge in [0.25, 0.3) is 0 Å². The first-order valence-corrected chi connectivity index (χ1v) is 6.80. The third-order valence-electron chi connectivity index (χ3n) is 3.30. The zero-order valence-corrected chi connectivity index (χ0v) is 12.8. The number of benzene rings is 2. The molecule has 0 fully saturated rings. The van der Waals surface area contributed by atoms with Gasteiger partial charge in [0.05, 0.1) is 20.6 Å². The highest BCUT2D eigenvalue weighted by atomic mass is 19.1. The van der Waals surface area contributed by atoms with Gasteiger partial charge in [-0.1, -0.05) is 12.1 Å². The molecule has 0 spiro atoms. The highest BCUT2D eigenvalue weighted by Crippen LogP contribution is 2.25. The number of ether oxygens (including phenoxy) is 2. The summed E-state index contributed by atoms with van der Waals surface area (Å²) in [5.74, 6) is 0.637. The van der Waals surface area contributed by atoms with Crippen molar-refractivity contribution in [1.82, 2.24) is 0 Å². The zero-order chi connectivity index (χ0) is 16.1. The Morgan fingerprint density at radius 1 is 1.14 bits per heavy atom. The van der Waals surface area contributed by atoms with Gasteiger partial charge in [0.15, 0.2) is 0 Å². The van der Waals surface area contributed by atoms with Crippen LogP contribution < -0.4 is 14.8 Å². The Hall–Kier alpha value is -2.56. The number of hydrogen-bond acceptors (Lipinski definition) is 3. The summed E-state index contributed by atoms with van der Waals surface area (Å²) in [4.78, 5) is 12.1. The summed E-state index contributed by atoms with van der Waals surface area (Å²) < 4.78 is 23.8. The largest absolute Gasteiger partial charge is 0.497 e. The van der Waals surface area contributed by atoms with Crippen LogP contribution in [-0.4, -0.2) is 20.1 Å². The molecule has 2 aromatic rings. The van der Waals surface area contributed by atoms with Crippen molar-refractivity contribution in [3.63, 3.8) is 0 Å². The van der Waals surface area contributed by atoms with Crippen LogP contribution in [0.2, 0.25) is 0 Å². The van der Waals surface area contributed by atoms with E-state index in [1.54, 1.807) is 44.4 Å². The van der Waals surface area contributed by atoms with Crippen LogP contribution >= 0.6 is 0 Å². The van der Waals surface area contributed by atoms with Gasteiger partial charge in [0, 0.05) is 17.3 Å². The van der Waals surface area contributed by atoms with Crippen LogP contribution in [-0.2, 0) is 11.2 Å². The van der Waals surface area contributed by atoms with Crippen LogP contribution in [0.1, 0.15) is 11.1 Å². The molecule has 1 amide bonds. The molecule has 0 aliphatic carbocycles. The lowest BCUT2D eigenvalue weighted by molar-refractivity contribution is -0.115. The molecule has 0 atom stereocenters. The van der Waals surface area contributed by atoms with Gasteiger partial charge in [-0.2, -0.15) is 0 Å². The molecule has 0 bridgehead atoms. The van der Waals surface area contributed by atoms with E-state index in [4.69, 9.17) is 9.47 Å². The fourth-order valence-electron chi connectivity index (χ4n) is 2.05. The number of nitrogens with one attached hydrogen (secondary N) is 1. The Bertz CT molecular complexity index is 686. The minimum absolute atomic E-state index is 0.128. The maximum atomic E-state index is 13.5. The highest BCUT2D eigenvalue weighted by Gasteiger charge is 2.11. The summed E-state index contributed by atoms with van der Waals surface area (Å²) in [6.45, 7) is 1.67. The van der Waals surface area contributed by atoms with Gasteiger partial charge in [-0.3, -0.25) is 4.79 Å². The van der Waals surface area contributed by atoms with Crippen LogP contribution in [0.3, 0.4) is 0 Å². The minimum Gasteiger partial charge on any atom is -0.497 e. The Labute approximate surface area is 128 Å². The van der Waals surface area contributed by atoms with Crippen molar-refractivity contribution in [2.24, 2.45) is 0 Å². The van der Waals surface area contributed by atoms with Gasteiger partial charge in [0.1, 0.15) is 17.3 Å². The Morgan fingerprint density at radius 2 is 1.91 bits per heavy atom. The number of anilines is 1. The molecule has 0 unspecified atom stereocenters. The maximum Gasteiger partial charge on any atom is 0.228 e. The summed E-state index contributed by atoms with van der Waals surface area (Å²) in [7, 11) is 3.10. The number of aryl methyl sites for hydroxylation is 1. The van der Waals surface area contributed by atoms with Gasteiger partial charge in [-0.15, -0.1) is 0 Å². The van der Waals surface area contributed by atoms with E-state index in [0.717, 1.165) is 5.56 Å². The summed E-state index contributed by atoms with van der Waals surface area (Å²) in [5, 5.41) is 2.67. The van der Waals surface area contributed by atoms with E-state index in [1.165, 1.54) is 13.2 Å². The fourth-order valence-corrected chi connectivity index (χ4v) is 2.05. The molecule has 0 aliphatic rings. The molecule has 2 aromatic carbocycles. The van der Waals surface area contributed by atoms with Crippen molar-refractivity contribution in [2.45, 2.75) is 13.3 Å². The van der Waals surface area contributed by atoms with E-state index in [-0.39, 0.29) is 18.1 Å². The van der Waals surface area contributed by atoms with Crippen LogP contribution in [0.5, 0.6) is 11.5 Å². The number of hydrogen-bond donors (Lipinski definition) is 1. The van der Waals surface area contributed by atoms with Crippen LogP contribution in [0.15, 0.2) is 36.4 Å². The molecular formula is C17H18FNO3. The normalized spacial score (nSPS) is 10.2. The number of carbonyl (C=O) groups excluding carboxylic acids is 1. The van der Waals surface area contributed by atoms with Crippen molar-refractivity contribution >= 4 is 11.6 Å². The van der Waals surface area contributed by atoms with Gasteiger partial charge >= 0.3 is 0 Å². The third-order valence-corrected chi connectivity index (χ3v) is 3.30. The lowest BCUT2D eigenvalue weighted by Crippen LogP contribution is -2.15. The summed E-state index contributed by atoms with van der Waals surface area (Å²) in [6, 6.07) is 9.84. The maximum absolute atomic E-state index is 13.5. The van der Waals surface area contributed by atoms with Crippen LogP contribution in [0.25, 0.3) is 0 Å². The van der Waals surface area contributed by atoms with E-state index >= 15 is 0 Å². The Kier molecular flexibility index (Phi) is 4.99. The van der Waals surface area contributed by atoms with E-state index < -0.39 is 0 Å². The van der Waals surface area contributed by atoms with Crippen LogP contribution in [0, 0.1) is 12.7 Å². The summed E-state index contributed by atoms with van der Waals surface area (Å²) in [5.41, 5.74) is 1.70. The molecule has 0 saturated carbocycles. The average Bonchev–Trinajstić information content (AvgIpc) is 2.51. The van der Waals surface area contributed by atoms with Crippen LogP contribution in [0.4, 0.5) is 10.1 Å².